The summed E-state index contributed by atoms with van der Waals surface area (Å²) in [6, 6.07) is 34.2. The SMILES string of the molecule is CCOC(=O)c1nc(-c2cccc(-c3ncc(C(=O)N[C@@H](C)C4CC4)o3)c2)nn1Cc1ccccc1.COC(=O)c1nc(-c2cccc(-c3ncc(C(=O)N[C@@H](C)C4CC4)o3)c2)nn1Cc1ccccc1. The summed E-state index contributed by atoms with van der Waals surface area (Å²) in [7, 11) is 1.31. The summed E-state index contributed by atoms with van der Waals surface area (Å²) in [6.45, 7) is 6.74. The van der Waals surface area contributed by atoms with Crippen molar-refractivity contribution >= 4 is 23.8 Å². The molecule has 4 aromatic carbocycles. The number of carbonyl (C=O) groups is 4. The third-order valence-corrected chi connectivity index (χ3v) is 12.1. The molecule has 362 valence electrons. The number of hydrogen-bond donors (Lipinski definition) is 2. The van der Waals surface area contributed by atoms with E-state index in [9.17, 15) is 19.2 Å². The van der Waals surface area contributed by atoms with Crippen molar-refractivity contribution in [2.45, 2.75) is 71.6 Å². The zero-order valence-electron chi connectivity index (χ0n) is 39.6. The van der Waals surface area contributed by atoms with Crippen LogP contribution in [0.2, 0.25) is 0 Å². The number of rotatable bonds is 17. The Morgan fingerprint density at radius 1 is 0.606 bits per heavy atom. The maximum atomic E-state index is 12.6. The van der Waals surface area contributed by atoms with Gasteiger partial charge in [0.2, 0.25) is 35.0 Å². The van der Waals surface area contributed by atoms with Crippen molar-refractivity contribution in [2.24, 2.45) is 11.8 Å². The molecule has 0 unspecified atom stereocenters. The molecule has 18 nitrogen and oxygen atoms in total. The first kappa shape index (κ1) is 47.5. The van der Waals surface area contributed by atoms with Crippen LogP contribution in [0.3, 0.4) is 0 Å². The quantitative estimate of drug-likeness (QED) is 0.0819. The fourth-order valence-corrected chi connectivity index (χ4v) is 7.84. The number of benzene rings is 4. The molecule has 2 amide bonds. The lowest BCUT2D eigenvalue weighted by Gasteiger charge is -2.10. The van der Waals surface area contributed by atoms with Gasteiger partial charge in [0.1, 0.15) is 0 Å². The molecular weight excluding hydrogens is 905 g/mol. The maximum absolute atomic E-state index is 12.6. The van der Waals surface area contributed by atoms with Crippen molar-refractivity contribution in [1.29, 1.82) is 0 Å². The molecule has 2 saturated carbocycles. The lowest BCUT2D eigenvalue weighted by molar-refractivity contribution is 0.0504. The van der Waals surface area contributed by atoms with Crippen LogP contribution in [0.15, 0.2) is 130 Å². The molecule has 2 fully saturated rings. The van der Waals surface area contributed by atoms with E-state index in [4.69, 9.17) is 18.3 Å². The van der Waals surface area contributed by atoms with Gasteiger partial charge in [0.25, 0.3) is 11.8 Å². The molecule has 0 spiro atoms. The summed E-state index contributed by atoms with van der Waals surface area (Å²) in [6.07, 6.45) is 7.43. The number of nitrogens with zero attached hydrogens (tertiary/aromatic N) is 8. The van der Waals surface area contributed by atoms with E-state index in [1.54, 1.807) is 11.6 Å². The minimum absolute atomic E-state index is 0.108. The average molecular weight is 957 g/mol. The van der Waals surface area contributed by atoms with Crippen molar-refractivity contribution in [3.8, 4) is 45.7 Å². The molecule has 2 N–H and O–H groups in total. The van der Waals surface area contributed by atoms with Gasteiger partial charge in [-0.15, -0.1) is 10.2 Å². The number of ether oxygens (including phenoxy) is 2. The van der Waals surface area contributed by atoms with E-state index >= 15 is 0 Å². The number of aromatic nitrogens is 8. The summed E-state index contributed by atoms with van der Waals surface area (Å²) in [5.74, 6) is 1.36. The molecule has 8 aromatic rings. The van der Waals surface area contributed by atoms with Crippen LogP contribution in [-0.4, -0.2) is 89.1 Å². The van der Waals surface area contributed by atoms with Crippen LogP contribution in [0.4, 0.5) is 0 Å². The maximum Gasteiger partial charge on any atom is 0.376 e. The van der Waals surface area contributed by atoms with Crippen molar-refractivity contribution < 1.29 is 37.5 Å². The van der Waals surface area contributed by atoms with E-state index in [1.807, 2.05) is 123 Å². The van der Waals surface area contributed by atoms with Crippen molar-refractivity contribution in [2.75, 3.05) is 13.7 Å². The Balaban J connectivity index is 0.000000176. The lowest BCUT2D eigenvalue weighted by atomic mass is 10.1. The number of carbonyl (C=O) groups excluding carboxylic acids is 4. The second-order valence-electron chi connectivity index (χ2n) is 17.4. The highest BCUT2D eigenvalue weighted by Gasteiger charge is 2.31. The molecule has 0 bridgehead atoms. The number of hydrogen-bond acceptors (Lipinski definition) is 14. The van der Waals surface area contributed by atoms with Gasteiger partial charge in [0.05, 0.1) is 39.2 Å². The van der Waals surface area contributed by atoms with Gasteiger partial charge in [-0.3, -0.25) is 9.59 Å². The molecule has 71 heavy (non-hydrogen) atoms. The number of esters is 2. The smallest absolute Gasteiger partial charge is 0.376 e. The predicted octanol–water partition coefficient (Wildman–Crippen LogP) is 8.32. The monoisotopic (exact) mass is 956 g/mol. The van der Waals surface area contributed by atoms with Crippen LogP contribution in [0.1, 0.15) is 99.9 Å². The Hall–Kier alpha value is -8.54. The van der Waals surface area contributed by atoms with Crippen molar-refractivity contribution in [3.63, 3.8) is 0 Å². The standard InChI is InChI=1S/C27H27N5O4.C26H25N5O4/c1-3-35-27(34)24-30-23(31-32(24)16-18-8-5-4-6-9-18)20-10-7-11-21(14-20)26-28-15-22(36-26)25(33)29-17(2)19-12-13-19;1-16(18-11-12-18)28-24(32)21-14-27-25(35-21)20-10-6-9-19(13-20)22-29-23(26(33)34-2)31(30-22)15-17-7-4-3-5-8-17/h4-11,14-15,17,19H,3,12-13,16H2,1-2H3,(H,29,33);3-10,13-14,16,18H,11-12,15H2,1-2H3,(H,28,32)/t17-;16-/m00/s1. The molecular formula is C53H52N10O8. The van der Waals surface area contributed by atoms with Crippen LogP contribution in [0, 0.1) is 11.8 Å². The first-order chi connectivity index (χ1) is 34.5. The van der Waals surface area contributed by atoms with E-state index in [0.717, 1.165) is 36.8 Å². The third kappa shape index (κ3) is 11.7. The predicted molar refractivity (Wildman–Crippen MR) is 260 cm³/mol. The molecule has 2 aliphatic carbocycles. The second-order valence-corrected chi connectivity index (χ2v) is 17.4. The third-order valence-electron chi connectivity index (χ3n) is 12.1. The molecule has 10 rings (SSSR count). The first-order valence-electron chi connectivity index (χ1n) is 23.5. The van der Waals surface area contributed by atoms with E-state index in [2.05, 4.69) is 40.8 Å². The van der Waals surface area contributed by atoms with Gasteiger partial charge in [0.15, 0.2) is 11.6 Å². The molecule has 2 aliphatic rings. The van der Waals surface area contributed by atoms with E-state index < -0.39 is 11.9 Å². The van der Waals surface area contributed by atoms with Gasteiger partial charge in [-0.25, -0.2) is 38.9 Å². The van der Waals surface area contributed by atoms with Crippen LogP contribution >= 0.6 is 0 Å². The Kier molecular flexibility index (Phi) is 14.3. The number of oxazole rings is 2. The van der Waals surface area contributed by atoms with Gasteiger partial charge in [-0.2, -0.15) is 0 Å². The highest BCUT2D eigenvalue weighted by Crippen LogP contribution is 2.34. The lowest BCUT2D eigenvalue weighted by Crippen LogP contribution is -2.33. The molecule has 0 radical (unpaired) electrons. The van der Waals surface area contributed by atoms with Crippen molar-refractivity contribution in [3.05, 3.63) is 156 Å². The van der Waals surface area contributed by atoms with Crippen LogP contribution in [0.25, 0.3) is 45.7 Å². The fraction of sp³-hybridized carbons (Fsp3) is 0.283. The van der Waals surface area contributed by atoms with Gasteiger partial charge in [-0.1, -0.05) is 84.9 Å². The number of nitrogens with one attached hydrogen (secondary N) is 2. The largest absolute Gasteiger partial charge is 0.463 e. The van der Waals surface area contributed by atoms with Gasteiger partial charge >= 0.3 is 11.9 Å². The first-order valence-corrected chi connectivity index (χ1v) is 23.5. The average Bonchev–Trinajstić information content (AvgIpc) is 4.20. The Morgan fingerprint density at radius 3 is 1.44 bits per heavy atom. The summed E-state index contributed by atoms with van der Waals surface area (Å²) in [4.78, 5) is 67.4. The van der Waals surface area contributed by atoms with Gasteiger partial charge in [-0.05, 0) is 93.7 Å². The Bertz CT molecular complexity index is 3150. The van der Waals surface area contributed by atoms with E-state index in [-0.39, 0.29) is 53.7 Å². The van der Waals surface area contributed by atoms with Crippen LogP contribution < -0.4 is 10.6 Å². The zero-order valence-corrected chi connectivity index (χ0v) is 39.6. The molecule has 0 saturated heterocycles. The number of methoxy groups -OCH3 is 1. The molecule has 2 atom stereocenters. The fourth-order valence-electron chi connectivity index (χ4n) is 7.84. The minimum Gasteiger partial charge on any atom is -0.463 e. The Labute approximate surface area is 408 Å². The van der Waals surface area contributed by atoms with Crippen LogP contribution in [-0.2, 0) is 22.6 Å². The second kappa shape index (κ2) is 21.4. The molecule has 4 aromatic heterocycles. The highest BCUT2D eigenvalue weighted by atomic mass is 16.5. The van der Waals surface area contributed by atoms with Crippen molar-refractivity contribution in [1.82, 2.24) is 50.1 Å². The summed E-state index contributed by atoms with van der Waals surface area (Å²) in [5.41, 5.74) is 4.64. The summed E-state index contributed by atoms with van der Waals surface area (Å²) >= 11 is 0. The zero-order chi connectivity index (χ0) is 49.4. The summed E-state index contributed by atoms with van der Waals surface area (Å²) in [5, 5.41) is 15.1. The molecule has 18 heteroatoms. The van der Waals surface area contributed by atoms with E-state index in [0.29, 0.717) is 70.6 Å². The topological polar surface area (TPSA) is 224 Å². The Morgan fingerprint density at radius 2 is 1.03 bits per heavy atom. The number of amides is 2. The molecule has 0 aliphatic heterocycles. The van der Waals surface area contributed by atoms with Gasteiger partial charge in [0, 0.05) is 34.3 Å². The van der Waals surface area contributed by atoms with Gasteiger partial charge < -0.3 is 28.9 Å². The van der Waals surface area contributed by atoms with E-state index in [1.165, 1.54) is 24.2 Å². The highest BCUT2D eigenvalue weighted by molar-refractivity contribution is 5.92. The summed E-state index contributed by atoms with van der Waals surface area (Å²) < 4.78 is 24.7. The molecule has 4 heterocycles. The normalized spacial score (nSPS) is 13.9. The van der Waals surface area contributed by atoms with Crippen LogP contribution in [0.5, 0.6) is 0 Å². The minimum atomic E-state index is -0.570.